The molecule has 15 nitrogen and oxygen atoms in total. The van der Waals surface area contributed by atoms with Gasteiger partial charge < -0.3 is 64.2 Å². The molecule has 394 valence electrons. The van der Waals surface area contributed by atoms with Gasteiger partial charge in [-0.3, -0.25) is 9.59 Å². The second kappa shape index (κ2) is 40.1. The Morgan fingerprint density at radius 1 is 0.485 bits per heavy atom. The molecule has 0 bridgehead atoms. The van der Waals surface area contributed by atoms with Crippen LogP contribution in [-0.4, -0.2) is 142 Å². The number of carbonyl (C=O) groups is 2. The molecule has 2 aliphatic heterocycles. The van der Waals surface area contributed by atoms with Crippen LogP contribution in [-0.2, 0) is 38.0 Å². The first-order valence-corrected chi connectivity index (χ1v) is 26.2. The van der Waals surface area contributed by atoms with Crippen LogP contribution in [0.25, 0.3) is 0 Å². The van der Waals surface area contributed by atoms with Crippen molar-refractivity contribution in [2.24, 2.45) is 0 Å². The summed E-state index contributed by atoms with van der Waals surface area (Å²) in [5.41, 5.74) is 0. The zero-order chi connectivity index (χ0) is 49.6. The van der Waals surface area contributed by atoms with Gasteiger partial charge in [0.1, 0.15) is 55.4 Å². The van der Waals surface area contributed by atoms with Gasteiger partial charge in [0.05, 0.1) is 19.8 Å². The largest absolute Gasteiger partial charge is 0.462 e. The molecule has 0 aromatic heterocycles. The Balaban J connectivity index is 1.80. The lowest BCUT2D eigenvalue weighted by molar-refractivity contribution is -0.332. The summed E-state index contributed by atoms with van der Waals surface area (Å²) in [6.07, 6.45) is 27.0. The maximum Gasteiger partial charge on any atom is 0.306 e. The fourth-order valence-electron chi connectivity index (χ4n) is 8.03. The minimum atomic E-state index is -1.77. The molecule has 2 fully saturated rings. The normalized spacial score (nSPS) is 26.1. The van der Waals surface area contributed by atoms with E-state index >= 15 is 0 Å². The van der Waals surface area contributed by atoms with Crippen LogP contribution >= 0.6 is 0 Å². The number of ether oxygens (including phenoxy) is 6. The Bertz CT molecular complexity index is 1370. The molecule has 2 heterocycles. The van der Waals surface area contributed by atoms with Gasteiger partial charge in [0.25, 0.3) is 0 Å². The summed E-state index contributed by atoms with van der Waals surface area (Å²) < 4.78 is 33.6. The maximum absolute atomic E-state index is 13.0. The monoisotopic (exact) mass is 969 g/mol. The minimum Gasteiger partial charge on any atom is -0.462 e. The summed E-state index contributed by atoms with van der Waals surface area (Å²) in [6.45, 7) is 2.46. The number of rotatable bonds is 40. The van der Waals surface area contributed by atoms with Crippen LogP contribution in [0.2, 0.25) is 0 Å². The minimum absolute atomic E-state index is 0.149. The van der Waals surface area contributed by atoms with Crippen molar-refractivity contribution in [2.75, 3.05) is 26.4 Å². The molecule has 0 aromatic carbocycles. The molecule has 11 unspecified atom stereocenters. The number of allylic oxidation sites excluding steroid dienone is 8. The Kier molecular flexibility index (Phi) is 36.3. The van der Waals surface area contributed by atoms with E-state index in [-0.39, 0.29) is 26.1 Å². The van der Waals surface area contributed by atoms with E-state index in [0.717, 1.165) is 83.5 Å². The number of aliphatic hydroxyl groups excluding tert-OH is 7. The molecule has 0 aromatic rings. The van der Waals surface area contributed by atoms with Crippen molar-refractivity contribution in [3.63, 3.8) is 0 Å². The molecule has 15 heteroatoms. The van der Waals surface area contributed by atoms with E-state index in [1.54, 1.807) is 0 Å². The predicted octanol–water partition coefficient (Wildman–Crippen LogP) is 7.49. The Labute approximate surface area is 408 Å². The molecule has 0 radical (unpaired) electrons. The number of aliphatic hydroxyl groups is 7. The zero-order valence-electron chi connectivity index (χ0n) is 41.6. The smallest absolute Gasteiger partial charge is 0.306 e. The van der Waals surface area contributed by atoms with Gasteiger partial charge in [0.15, 0.2) is 18.7 Å². The van der Waals surface area contributed by atoms with Crippen LogP contribution in [0, 0.1) is 0 Å². The van der Waals surface area contributed by atoms with Gasteiger partial charge in [-0.2, -0.15) is 0 Å². The first kappa shape index (κ1) is 61.6. The molecular formula is C53H92O15. The lowest BCUT2D eigenvalue weighted by Gasteiger charge is -2.42. The van der Waals surface area contributed by atoms with Crippen molar-refractivity contribution >= 4 is 11.9 Å². The van der Waals surface area contributed by atoms with Gasteiger partial charge in [-0.15, -0.1) is 0 Å². The van der Waals surface area contributed by atoms with Crippen LogP contribution in [0.4, 0.5) is 0 Å². The third-order valence-electron chi connectivity index (χ3n) is 12.3. The fourth-order valence-corrected chi connectivity index (χ4v) is 8.03. The number of hydrogen-bond acceptors (Lipinski definition) is 15. The molecule has 0 aliphatic carbocycles. The summed E-state index contributed by atoms with van der Waals surface area (Å²) in [4.78, 5) is 25.8. The van der Waals surface area contributed by atoms with Crippen LogP contribution in [0.3, 0.4) is 0 Å². The van der Waals surface area contributed by atoms with Crippen molar-refractivity contribution in [1.82, 2.24) is 0 Å². The number of carbonyl (C=O) groups excluding carboxylic acids is 2. The molecule has 7 N–H and O–H groups in total. The topological polar surface area (TPSA) is 231 Å². The second-order valence-electron chi connectivity index (χ2n) is 18.3. The average Bonchev–Trinajstić information content (AvgIpc) is 3.33. The molecule has 11 atom stereocenters. The highest BCUT2D eigenvalue weighted by atomic mass is 16.7. The highest BCUT2D eigenvalue weighted by Gasteiger charge is 2.47. The molecule has 2 aliphatic rings. The number of unbranched alkanes of at least 4 members (excludes halogenated alkanes) is 18. The van der Waals surface area contributed by atoms with Crippen molar-refractivity contribution in [3.05, 3.63) is 48.6 Å². The van der Waals surface area contributed by atoms with Gasteiger partial charge in [-0.05, 0) is 51.4 Å². The average molecular weight is 969 g/mol. The van der Waals surface area contributed by atoms with Crippen molar-refractivity contribution in [3.8, 4) is 0 Å². The maximum atomic E-state index is 13.0. The quantitative estimate of drug-likeness (QED) is 0.0179. The summed E-state index contributed by atoms with van der Waals surface area (Å²) in [5, 5.41) is 72.1. The number of esters is 2. The number of hydrogen-bond donors (Lipinski definition) is 7. The third kappa shape index (κ3) is 27.7. The summed E-state index contributed by atoms with van der Waals surface area (Å²) in [5.74, 6) is -0.939. The van der Waals surface area contributed by atoms with Crippen LogP contribution in [0.15, 0.2) is 48.6 Å². The fraction of sp³-hybridized carbons (Fsp3) is 0.811. The van der Waals surface area contributed by atoms with Crippen molar-refractivity contribution in [2.45, 2.75) is 248 Å². The lowest BCUT2D eigenvalue weighted by Crippen LogP contribution is -2.61. The van der Waals surface area contributed by atoms with E-state index in [1.807, 2.05) is 0 Å². The van der Waals surface area contributed by atoms with E-state index in [4.69, 9.17) is 28.4 Å². The second-order valence-corrected chi connectivity index (χ2v) is 18.3. The van der Waals surface area contributed by atoms with Gasteiger partial charge in [0, 0.05) is 12.8 Å². The van der Waals surface area contributed by atoms with Crippen molar-refractivity contribution < 1.29 is 73.8 Å². The van der Waals surface area contributed by atoms with Crippen molar-refractivity contribution in [1.29, 1.82) is 0 Å². The lowest BCUT2D eigenvalue weighted by atomic mass is 9.98. The van der Waals surface area contributed by atoms with E-state index in [0.29, 0.717) is 12.8 Å². The first-order chi connectivity index (χ1) is 33.0. The van der Waals surface area contributed by atoms with E-state index in [1.165, 1.54) is 57.8 Å². The van der Waals surface area contributed by atoms with Crippen LogP contribution < -0.4 is 0 Å². The third-order valence-corrected chi connectivity index (χ3v) is 12.3. The molecule has 0 spiro atoms. The highest BCUT2D eigenvalue weighted by molar-refractivity contribution is 5.70. The molecule has 0 saturated carbocycles. The Hall–Kier alpha value is -2.54. The Morgan fingerprint density at radius 3 is 1.46 bits per heavy atom. The Morgan fingerprint density at radius 2 is 0.926 bits per heavy atom. The predicted molar refractivity (Wildman–Crippen MR) is 261 cm³/mol. The van der Waals surface area contributed by atoms with Gasteiger partial charge in [-0.1, -0.05) is 165 Å². The van der Waals surface area contributed by atoms with E-state index in [9.17, 15) is 45.3 Å². The molecular weight excluding hydrogens is 877 g/mol. The van der Waals surface area contributed by atoms with E-state index < -0.39 is 92.7 Å². The van der Waals surface area contributed by atoms with Crippen LogP contribution in [0.1, 0.15) is 181 Å². The van der Waals surface area contributed by atoms with Gasteiger partial charge >= 0.3 is 11.9 Å². The molecule has 68 heavy (non-hydrogen) atoms. The summed E-state index contributed by atoms with van der Waals surface area (Å²) >= 11 is 0. The van der Waals surface area contributed by atoms with Gasteiger partial charge in [0.2, 0.25) is 0 Å². The van der Waals surface area contributed by atoms with Gasteiger partial charge in [-0.25, -0.2) is 0 Å². The summed E-state index contributed by atoms with van der Waals surface area (Å²) in [6, 6.07) is 0. The standard InChI is InChI=1S/C53H92O15/c1-3-5-7-9-11-13-15-17-18-19-20-21-22-24-26-28-30-32-34-36-45(56)66-41(38-63-44(55)35-33-31-29-27-25-23-16-14-12-10-8-6-4-2)39-64-52-51(62)49(60)47(58)43(68-52)40-65-53-50(61)48(59)46(57)42(37-54)67-53/h5,7,11,13,17-18,20-21,41-43,46-54,57-62H,3-4,6,8-10,12,14-16,19,22-40H2,1-2H3/b7-5-,13-11-,18-17-,21-20-. The van der Waals surface area contributed by atoms with E-state index in [2.05, 4.69) is 62.5 Å². The molecule has 2 rings (SSSR count). The first-order valence-electron chi connectivity index (χ1n) is 26.2. The zero-order valence-corrected chi connectivity index (χ0v) is 41.6. The molecule has 0 amide bonds. The molecule has 2 saturated heterocycles. The summed E-state index contributed by atoms with van der Waals surface area (Å²) in [7, 11) is 0. The van der Waals surface area contributed by atoms with Crippen LogP contribution in [0.5, 0.6) is 0 Å². The highest BCUT2D eigenvalue weighted by Crippen LogP contribution is 2.26. The SMILES string of the molecule is CC/C=C\C/C=C\C/C=C\C/C=C\CCCCCCCCC(=O)OC(COC(=O)CCCCCCCCCCCCCCC)COC1OC(COC2OC(CO)C(O)C(O)C2O)C(O)C(O)C1O.